The molecule has 3 nitrogen and oxygen atoms in total. The Balaban J connectivity index is 2.05. The summed E-state index contributed by atoms with van der Waals surface area (Å²) in [6, 6.07) is 10.4. The molecular weight excluding hydrogens is 326 g/mol. The van der Waals surface area contributed by atoms with Crippen LogP contribution in [0.1, 0.15) is 39.5 Å². The Bertz CT molecular complexity index is 668. The average molecular weight is 356 g/mol. The Morgan fingerprint density at radius 3 is 2.64 bits per heavy atom. The van der Waals surface area contributed by atoms with E-state index < -0.39 is 0 Å². The Kier molecular flexibility index (Phi) is 7.86. The van der Waals surface area contributed by atoms with Crippen LogP contribution in [0, 0.1) is 0 Å². The molecule has 0 saturated heterocycles. The zero-order valence-corrected chi connectivity index (χ0v) is 16.2. The molecule has 0 aromatic heterocycles. The van der Waals surface area contributed by atoms with Crippen molar-refractivity contribution in [2.45, 2.75) is 44.4 Å². The summed E-state index contributed by atoms with van der Waals surface area (Å²) in [5.41, 5.74) is 10.5. The number of hydrogen-bond donors (Lipinski definition) is 2. The van der Waals surface area contributed by atoms with Crippen LogP contribution in [0.2, 0.25) is 0 Å². The fourth-order valence-corrected chi connectivity index (χ4v) is 3.55. The molecule has 134 valence electrons. The van der Waals surface area contributed by atoms with E-state index >= 15 is 0 Å². The lowest BCUT2D eigenvalue weighted by molar-refractivity contribution is 0.679. The van der Waals surface area contributed by atoms with E-state index in [2.05, 4.69) is 50.0 Å². The number of nitrogens with zero attached hydrogens (tertiary/aromatic N) is 1. The number of nitrogens with two attached hydrogens (primary N) is 1. The number of allylic oxidation sites excluding steroid dienone is 3. The Labute approximate surface area is 156 Å². The maximum absolute atomic E-state index is 6.26. The molecule has 2 rings (SSSR count). The maximum Gasteiger partial charge on any atom is 0.130 e. The fourth-order valence-electron chi connectivity index (χ4n) is 2.78. The maximum atomic E-state index is 6.26. The van der Waals surface area contributed by atoms with Crippen LogP contribution in [0.25, 0.3) is 0 Å². The van der Waals surface area contributed by atoms with Crippen LogP contribution >= 0.6 is 11.8 Å². The van der Waals surface area contributed by atoms with Gasteiger partial charge in [0.2, 0.25) is 0 Å². The topological polar surface area (TPSA) is 50.4 Å². The van der Waals surface area contributed by atoms with E-state index in [-0.39, 0.29) is 0 Å². The Morgan fingerprint density at radius 1 is 1.24 bits per heavy atom. The first kappa shape index (κ1) is 19.4. The molecule has 4 heteroatoms. The van der Waals surface area contributed by atoms with Gasteiger partial charge in [0.05, 0.1) is 6.54 Å². The van der Waals surface area contributed by atoms with Gasteiger partial charge in [0.1, 0.15) is 5.84 Å². The molecule has 1 aromatic carbocycles. The van der Waals surface area contributed by atoms with Gasteiger partial charge in [0.25, 0.3) is 0 Å². The zero-order chi connectivity index (χ0) is 18.1. The van der Waals surface area contributed by atoms with E-state index in [0.29, 0.717) is 0 Å². The van der Waals surface area contributed by atoms with Crippen molar-refractivity contribution in [2.24, 2.45) is 10.7 Å². The summed E-state index contributed by atoms with van der Waals surface area (Å²) in [7, 11) is 0. The molecule has 0 bridgehead atoms. The van der Waals surface area contributed by atoms with Crippen LogP contribution in [-0.2, 0) is 0 Å². The lowest BCUT2D eigenvalue weighted by atomic mass is 9.95. The minimum absolute atomic E-state index is 0.751. The van der Waals surface area contributed by atoms with Crippen LogP contribution in [0.15, 0.2) is 75.4 Å². The molecule has 0 saturated carbocycles. The smallest absolute Gasteiger partial charge is 0.130 e. The number of benzene rings is 1. The van der Waals surface area contributed by atoms with E-state index in [4.69, 9.17) is 10.7 Å². The zero-order valence-electron chi connectivity index (χ0n) is 15.3. The molecule has 0 radical (unpaired) electrons. The minimum Gasteiger partial charge on any atom is -0.402 e. The summed E-state index contributed by atoms with van der Waals surface area (Å²) in [4.78, 5) is 6.09. The summed E-state index contributed by atoms with van der Waals surface area (Å²) >= 11 is 1.82. The van der Waals surface area contributed by atoms with Gasteiger partial charge in [-0.2, -0.15) is 0 Å². The van der Waals surface area contributed by atoms with Crippen molar-refractivity contribution < 1.29 is 0 Å². The summed E-state index contributed by atoms with van der Waals surface area (Å²) in [5, 5.41) is 3.38. The standard InChI is InChI=1S/C21H29N3S/c1-16(2)15-17(3)24-21(19-11-7-8-12-20(19)22)23-13-14-25-18-9-5-4-6-10-18/h4-6,9-10,15H,3,7-8,11-14,22H2,1-2H3,(H,23,24). The highest BCUT2D eigenvalue weighted by Crippen LogP contribution is 2.23. The predicted octanol–water partition coefficient (Wildman–Crippen LogP) is 5.03. The summed E-state index contributed by atoms with van der Waals surface area (Å²) in [6.07, 6.45) is 6.33. The molecule has 0 atom stereocenters. The third-order valence-electron chi connectivity index (χ3n) is 3.91. The van der Waals surface area contributed by atoms with Crippen molar-refractivity contribution in [3.8, 4) is 0 Å². The van der Waals surface area contributed by atoms with E-state index in [0.717, 1.165) is 42.4 Å². The van der Waals surface area contributed by atoms with Crippen molar-refractivity contribution in [1.29, 1.82) is 0 Å². The second-order valence-electron chi connectivity index (χ2n) is 6.47. The molecule has 0 heterocycles. The van der Waals surface area contributed by atoms with Gasteiger partial charge in [-0.05, 0) is 57.7 Å². The minimum atomic E-state index is 0.751. The van der Waals surface area contributed by atoms with Gasteiger partial charge in [0, 0.05) is 27.6 Å². The first-order valence-electron chi connectivity index (χ1n) is 8.87. The van der Waals surface area contributed by atoms with Crippen molar-refractivity contribution >= 4 is 17.6 Å². The van der Waals surface area contributed by atoms with E-state index in [9.17, 15) is 0 Å². The number of rotatable bonds is 7. The first-order chi connectivity index (χ1) is 12.1. The third kappa shape index (κ3) is 6.83. The van der Waals surface area contributed by atoms with Crippen LogP contribution in [0.3, 0.4) is 0 Å². The van der Waals surface area contributed by atoms with Gasteiger partial charge in [-0.3, -0.25) is 4.99 Å². The Hall–Kier alpha value is -1.94. The molecular formula is C21H29N3S. The number of hydrogen-bond acceptors (Lipinski definition) is 3. The number of thioether (sulfide) groups is 1. The molecule has 0 fully saturated rings. The summed E-state index contributed by atoms with van der Waals surface area (Å²) < 4.78 is 0. The number of aliphatic imine (C=N–C) groups is 1. The average Bonchev–Trinajstić information content (AvgIpc) is 2.58. The highest BCUT2D eigenvalue weighted by Gasteiger charge is 2.15. The van der Waals surface area contributed by atoms with Gasteiger partial charge < -0.3 is 11.1 Å². The van der Waals surface area contributed by atoms with Gasteiger partial charge in [0.15, 0.2) is 0 Å². The molecule has 0 amide bonds. The number of nitrogens with one attached hydrogen (secondary N) is 1. The third-order valence-corrected chi connectivity index (χ3v) is 4.90. The second kappa shape index (κ2) is 10.1. The highest BCUT2D eigenvalue weighted by molar-refractivity contribution is 7.99. The number of amidine groups is 1. The van der Waals surface area contributed by atoms with Crippen molar-refractivity contribution in [3.05, 3.63) is 65.5 Å². The lowest BCUT2D eigenvalue weighted by Crippen LogP contribution is -2.28. The molecule has 1 aromatic rings. The van der Waals surface area contributed by atoms with Crippen LogP contribution in [0.5, 0.6) is 0 Å². The molecule has 0 spiro atoms. The summed E-state index contributed by atoms with van der Waals surface area (Å²) in [5.74, 6) is 1.84. The SMILES string of the molecule is C=C(C=C(C)C)NC(=NCCSc1ccccc1)C1=C(N)CCCC1. The van der Waals surface area contributed by atoms with Crippen molar-refractivity contribution in [2.75, 3.05) is 12.3 Å². The first-order valence-corrected chi connectivity index (χ1v) is 9.86. The van der Waals surface area contributed by atoms with Crippen LogP contribution in [-0.4, -0.2) is 18.1 Å². The van der Waals surface area contributed by atoms with E-state index in [1.807, 2.05) is 23.9 Å². The molecule has 3 N–H and O–H groups in total. The predicted molar refractivity (Wildman–Crippen MR) is 111 cm³/mol. The fraction of sp³-hybridized carbons (Fsp3) is 0.381. The van der Waals surface area contributed by atoms with Crippen LogP contribution < -0.4 is 11.1 Å². The van der Waals surface area contributed by atoms with Gasteiger partial charge in [-0.1, -0.05) is 30.4 Å². The molecule has 0 unspecified atom stereocenters. The molecule has 25 heavy (non-hydrogen) atoms. The molecule has 1 aliphatic rings. The summed E-state index contributed by atoms with van der Waals surface area (Å²) in [6.45, 7) is 8.97. The van der Waals surface area contributed by atoms with Crippen molar-refractivity contribution in [1.82, 2.24) is 5.32 Å². The largest absolute Gasteiger partial charge is 0.402 e. The van der Waals surface area contributed by atoms with Gasteiger partial charge in [-0.25, -0.2) is 0 Å². The van der Waals surface area contributed by atoms with Gasteiger partial charge >= 0.3 is 0 Å². The quantitative estimate of drug-likeness (QED) is 0.237. The van der Waals surface area contributed by atoms with E-state index in [1.54, 1.807) is 0 Å². The van der Waals surface area contributed by atoms with Gasteiger partial charge in [-0.15, -0.1) is 11.8 Å². The Morgan fingerprint density at radius 2 is 1.96 bits per heavy atom. The monoisotopic (exact) mass is 355 g/mol. The van der Waals surface area contributed by atoms with Crippen LogP contribution in [0.4, 0.5) is 0 Å². The normalized spacial score (nSPS) is 15.0. The lowest BCUT2D eigenvalue weighted by Gasteiger charge is -2.20. The van der Waals surface area contributed by atoms with Crippen molar-refractivity contribution in [3.63, 3.8) is 0 Å². The van der Waals surface area contributed by atoms with E-state index in [1.165, 1.54) is 28.9 Å². The molecule has 1 aliphatic carbocycles. The second-order valence-corrected chi connectivity index (χ2v) is 7.64. The highest BCUT2D eigenvalue weighted by atomic mass is 32.2. The molecule has 0 aliphatic heterocycles.